The van der Waals surface area contributed by atoms with Crippen molar-refractivity contribution in [3.63, 3.8) is 0 Å². The summed E-state index contributed by atoms with van der Waals surface area (Å²) in [6, 6.07) is 9.45. The standard InChI is InChI=1S/C17H23N3O2S2.HI/c1-4-18-17(20-12-15-6-5-9-23-15)19-11-14-7-8-16(13(2)10-14)24(3,21)22;/h5-10H,4,11-12H2,1-3H3,(H2,18,19,20);1H. The monoisotopic (exact) mass is 493 g/mol. The zero-order valence-corrected chi connectivity index (χ0v) is 18.5. The van der Waals surface area contributed by atoms with E-state index in [1.54, 1.807) is 17.4 Å². The van der Waals surface area contributed by atoms with Crippen molar-refractivity contribution in [2.75, 3.05) is 12.8 Å². The molecule has 0 unspecified atom stereocenters. The fraction of sp³-hybridized carbons (Fsp3) is 0.353. The first-order valence-electron chi connectivity index (χ1n) is 7.74. The number of benzene rings is 1. The Morgan fingerprint density at radius 1 is 1.24 bits per heavy atom. The van der Waals surface area contributed by atoms with Gasteiger partial charge in [-0.3, -0.25) is 0 Å². The molecule has 2 rings (SSSR count). The summed E-state index contributed by atoms with van der Waals surface area (Å²) in [6.45, 7) is 5.83. The van der Waals surface area contributed by atoms with Gasteiger partial charge in [0.1, 0.15) is 0 Å². The second kappa shape index (κ2) is 10.1. The lowest BCUT2D eigenvalue weighted by atomic mass is 10.1. The Kier molecular flexibility index (Phi) is 8.87. The second-order valence-corrected chi connectivity index (χ2v) is 8.52. The van der Waals surface area contributed by atoms with Gasteiger partial charge in [-0.05, 0) is 42.5 Å². The summed E-state index contributed by atoms with van der Waals surface area (Å²) in [7, 11) is -3.18. The van der Waals surface area contributed by atoms with Crippen molar-refractivity contribution < 1.29 is 8.42 Å². The predicted molar refractivity (Wildman–Crippen MR) is 116 cm³/mol. The highest BCUT2D eigenvalue weighted by atomic mass is 127. The van der Waals surface area contributed by atoms with Crippen molar-refractivity contribution in [1.82, 2.24) is 10.6 Å². The third kappa shape index (κ3) is 6.95. The predicted octanol–water partition coefficient (Wildman–Crippen LogP) is 3.33. The van der Waals surface area contributed by atoms with Crippen LogP contribution in [0.2, 0.25) is 0 Å². The van der Waals surface area contributed by atoms with E-state index in [1.165, 1.54) is 11.1 Å². The van der Waals surface area contributed by atoms with Crippen molar-refractivity contribution in [1.29, 1.82) is 0 Å². The van der Waals surface area contributed by atoms with Gasteiger partial charge in [-0.15, -0.1) is 35.3 Å². The Hall–Kier alpha value is -1.13. The fourth-order valence-electron chi connectivity index (χ4n) is 2.32. The molecule has 0 aliphatic carbocycles. The average molecular weight is 493 g/mol. The van der Waals surface area contributed by atoms with E-state index >= 15 is 0 Å². The number of nitrogens with zero attached hydrogens (tertiary/aromatic N) is 1. The summed E-state index contributed by atoms with van der Waals surface area (Å²) in [5.74, 6) is 0.746. The number of hydrogen-bond donors (Lipinski definition) is 2. The summed E-state index contributed by atoms with van der Waals surface area (Å²) in [4.78, 5) is 6.18. The third-order valence-electron chi connectivity index (χ3n) is 3.41. The van der Waals surface area contributed by atoms with Crippen LogP contribution in [0.15, 0.2) is 45.6 Å². The maximum Gasteiger partial charge on any atom is 0.191 e. The number of nitrogens with one attached hydrogen (secondary N) is 2. The van der Waals surface area contributed by atoms with Crippen LogP contribution in [0.1, 0.15) is 22.9 Å². The number of halogens is 1. The molecule has 138 valence electrons. The topological polar surface area (TPSA) is 70.6 Å². The van der Waals surface area contributed by atoms with Crippen molar-refractivity contribution in [3.8, 4) is 0 Å². The molecule has 0 saturated heterocycles. The maximum atomic E-state index is 11.7. The van der Waals surface area contributed by atoms with Crippen molar-refractivity contribution >= 4 is 51.1 Å². The Balaban J connectivity index is 0.00000312. The summed E-state index contributed by atoms with van der Waals surface area (Å²) in [5, 5.41) is 8.56. The molecule has 1 heterocycles. The summed E-state index contributed by atoms with van der Waals surface area (Å²) < 4.78 is 23.3. The Labute approximate surface area is 170 Å². The maximum absolute atomic E-state index is 11.7. The highest BCUT2D eigenvalue weighted by molar-refractivity contribution is 14.0. The molecule has 8 heteroatoms. The molecule has 0 aliphatic rings. The van der Waals surface area contributed by atoms with E-state index in [1.807, 2.05) is 37.4 Å². The normalized spacial score (nSPS) is 11.7. The molecule has 0 spiro atoms. The van der Waals surface area contributed by atoms with Gasteiger partial charge in [0.15, 0.2) is 15.8 Å². The third-order valence-corrected chi connectivity index (χ3v) is 5.55. The van der Waals surface area contributed by atoms with Crippen LogP contribution in [-0.2, 0) is 22.9 Å². The largest absolute Gasteiger partial charge is 0.357 e. The molecule has 0 saturated carbocycles. The number of guanidine groups is 1. The van der Waals surface area contributed by atoms with Crippen LogP contribution in [-0.4, -0.2) is 27.2 Å². The van der Waals surface area contributed by atoms with Crippen LogP contribution >= 0.6 is 35.3 Å². The van der Waals surface area contributed by atoms with Crippen LogP contribution in [0.25, 0.3) is 0 Å². The number of rotatable bonds is 6. The van der Waals surface area contributed by atoms with E-state index in [0.29, 0.717) is 11.4 Å². The molecule has 0 radical (unpaired) electrons. The van der Waals surface area contributed by atoms with Gasteiger partial charge in [0, 0.05) is 17.7 Å². The van der Waals surface area contributed by atoms with Crippen LogP contribution < -0.4 is 10.6 Å². The van der Waals surface area contributed by atoms with Gasteiger partial charge in [-0.2, -0.15) is 0 Å². The molecule has 0 fully saturated rings. The zero-order valence-electron chi connectivity index (χ0n) is 14.6. The zero-order chi connectivity index (χ0) is 17.6. The van der Waals surface area contributed by atoms with Crippen molar-refractivity contribution in [2.24, 2.45) is 4.99 Å². The molecule has 0 aliphatic heterocycles. The van der Waals surface area contributed by atoms with Crippen molar-refractivity contribution in [2.45, 2.75) is 31.8 Å². The highest BCUT2D eigenvalue weighted by Crippen LogP contribution is 2.17. The number of thiophene rings is 1. The average Bonchev–Trinajstić information content (AvgIpc) is 3.02. The first kappa shape index (κ1) is 21.9. The lowest BCUT2D eigenvalue weighted by molar-refractivity contribution is 0.601. The van der Waals surface area contributed by atoms with Gasteiger partial charge in [0.25, 0.3) is 0 Å². The van der Waals surface area contributed by atoms with Crippen LogP contribution in [0.5, 0.6) is 0 Å². The smallest absolute Gasteiger partial charge is 0.191 e. The Morgan fingerprint density at radius 2 is 2.00 bits per heavy atom. The van der Waals surface area contributed by atoms with Gasteiger partial charge in [-0.25, -0.2) is 13.4 Å². The van der Waals surface area contributed by atoms with E-state index in [0.717, 1.165) is 30.2 Å². The van der Waals surface area contributed by atoms with E-state index < -0.39 is 9.84 Å². The minimum absolute atomic E-state index is 0. The van der Waals surface area contributed by atoms with E-state index in [-0.39, 0.29) is 24.0 Å². The lowest BCUT2D eigenvalue weighted by Crippen LogP contribution is -2.36. The molecule has 25 heavy (non-hydrogen) atoms. The Morgan fingerprint density at radius 3 is 2.56 bits per heavy atom. The van der Waals surface area contributed by atoms with Crippen LogP contribution in [0.4, 0.5) is 0 Å². The molecular formula is C17H24IN3O2S2. The SMILES string of the molecule is CCNC(=NCc1ccc(S(C)(=O)=O)c(C)c1)NCc1cccs1.I. The number of aliphatic imine (C=N–C) groups is 1. The number of aryl methyl sites for hydroxylation is 1. The Bertz CT molecular complexity index is 803. The first-order valence-corrected chi connectivity index (χ1v) is 10.5. The molecule has 0 amide bonds. The molecular weight excluding hydrogens is 469 g/mol. The van der Waals surface area contributed by atoms with Crippen molar-refractivity contribution in [3.05, 3.63) is 51.7 Å². The summed E-state index contributed by atoms with van der Waals surface area (Å²) >= 11 is 1.70. The van der Waals surface area contributed by atoms with E-state index in [2.05, 4.69) is 21.7 Å². The van der Waals surface area contributed by atoms with Crippen LogP contribution in [0, 0.1) is 6.92 Å². The van der Waals surface area contributed by atoms with Gasteiger partial charge < -0.3 is 10.6 Å². The summed E-state index contributed by atoms with van der Waals surface area (Å²) in [6.07, 6.45) is 1.23. The molecule has 1 aromatic heterocycles. The lowest BCUT2D eigenvalue weighted by Gasteiger charge is -2.11. The molecule has 1 aromatic carbocycles. The highest BCUT2D eigenvalue weighted by Gasteiger charge is 2.10. The minimum Gasteiger partial charge on any atom is -0.357 e. The quantitative estimate of drug-likeness (QED) is 0.368. The van der Waals surface area contributed by atoms with Gasteiger partial charge in [0.05, 0.1) is 18.0 Å². The van der Waals surface area contributed by atoms with Crippen LogP contribution in [0.3, 0.4) is 0 Å². The molecule has 0 atom stereocenters. The number of hydrogen-bond acceptors (Lipinski definition) is 4. The fourth-order valence-corrected chi connectivity index (χ4v) is 3.93. The van der Waals surface area contributed by atoms with E-state index in [4.69, 9.17) is 0 Å². The second-order valence-electron chi connectivity index (χ2n) is 5.50. The number of sulfone groups is 1. The minimum atomic E-state index is -3.18. The molecule has 5 nitrogen and oxygen atoms in total. The van der Waals surface area contributed by atoms with Gasteiger partial charge in [-0.1, -0.05) is 18.2 Å². The molecule has 0 bridgehead atoms. The van der Waals surface area contributed by atoms with Gasteiger partial charge >= 0.3 is 0 Å². The molecule has 2 N–H and O–H groups in total. The van der Waals surface area contributed by atoms with E-state index in [9.17, 15) is 8.42 Å². The summed E-state index contributed by atoms with van der Waals surface area (Å²) in [5.41, 5.74) is 1.73. The molecule has 2 aromatic rings. The van der Waals surface area contributed by atoms with Gasteiger partial charge in [0.2, 0.25) is 0 Å². The first-order chi connectivity index (χ1) is 11.4.